The van der Waals surface area contributed by atoms with Gasteiger partial charge >= 0.3 is 0 Å². The predicted molar refractivity (Wildman–Crippen MR) is 103 cm³/mol. The lowest BCUT2D eigenvalue weighted by Gasteiger charge is -2.08. The number of nitrogens with zero attached hydrogens (tertiary/aromatic N) is 6. The van der Waals surface area contributed by atoms with Gasteiger partial charge in [0.1, 0.15) is 6.33 Å². The molecule has 0 atom stereocenters. The van der Waals surface area contributed by atoms with Gasteiger partial charge < -0.3 is 5.32 Å². The highest BCUT2D eigenvalue weighted by atomic mass is 16.1. The second-order valence-electron chi connectivity index (χ2n) is 6.22. The van der Waals surface area contributed by atoms with Crippen molar-refractivity contribution in [2.75, 3.05) is 5.32 Å². The molecule has 9 nitrogen and oxygen atoms in total. The van der Waals surface area contributed by atoms with Crippen LogP contribution in [0.4, 0.5) is 5.69 Å². The number of fused-ring (bicyclic) bond motifs is 1. The summed E-state index contributed by atoms with van der Waals surface area (Å²) < 4.78 is 3.04. The quantitative estimate of drug-likeness (QED) is 0.550. The van der Waals surface area contributed by atoms with Crippen LogP contribution in [0.15, 0.2) is 66.0 Å². The Morgan fingerprint density at radius 3 is 2.82 bits per heavy atom. The van der Waals surface area contributed by atoms with Crippen molar-refractivity contribution >= 4 is 22.5 Å². The molecule has 1 N–H and O–H groups in total. The highest BCUT2D eigenvalue weighted by molar-refractivity contribution is 5.90. The molecule has 1 amide bonds. The van der Waals surface area contributed by atoms with Gasteiger partial charge in [-0.2, -0.15) is 0 Å². The summed E-state index contributed by atoms with van der Waals surface area (Å²) in [7, 11) is 0. The zero-order valence-electron chi connectivity index (χ0n) is 14.9. The molecule has 2 aromatic heterocycles. The molecule has 0 unspecified atom stereocenters. The van der Waals surface area contributed by atoms with Crippen molar-refractivity contribution in [2.24, 2.45) is 0 Å². The van der Waals surface area contributed by atoms with Crippen molar-refractivity contribution in [3.8, 4) is 5.69 Å². The molecule has 4 rings (SSSR count). The van der Waals surface area contributed by atoms with E-state index in [1.807, 2.05) is 24.3 Å². The first-order chi connectivity index (χ1) is 13.7. The minimum atomic E-state index is -0.129. The van der Waals surface area contributed by atoms with Crippen LogP contribution in [-0.4, -0.2) is 35.7 Å². The summed E-state index contributed by atoms with van der Waals surface area (Å²) in [4.78, 5) is 29.0. The number of benzene rings is 2. The van der Waals surface area contributed by atoms with Crippen molar-refractivity contribution in [1.82, 2.24) is 29.8 Å². The average molecular weight is 375 g/mol. The van der Waals surface area contributed by atoms with Gasteiger partial charge in [0.25, 0.3) is 5.56 Å². The largest absolute Gasteiger partial charge is 0.326 e. The van der Waals surface area contributed by atoms with Crippen LogP contribution in [0.25, 0.3) is 16.6 Å². The summed E-state index contributed by atoms with van der Waals surface area (Å²) in [5, 5.41) is 14.4. The Bertz CT molecular complexity index is 1170. The molecule has 2 heterocycles. The molecule has 0 aliphatic rings. The van der Waals surface area contributed by atoms with Gasteiger partial charge in [0.15, 0.2) is 0 Å². The van der Waals surface area contributed by atoms with Crippen molar-refractivity contribution in [2.45, 2.75) is 19.4 Å². The van der Waals surface area contributed by atoms with Crippen LogP contribution in [0.5, 0.6) is 0 Å². The van der Waals surface area contributed by atoms with E-state index in [0.29, 0.717) is 29.6 Å². The smallest absolute Gasteiger partial charge is 0.261 e. The molecule has 0 aliphatic carbocycles. The zero-order chi connectivity index (χ0) is 19.3. The molecule has 4 aromatic rings. The number of para-hydroxylation sites is 1. The van der Waals surface area contributed by atoms with Gasteiger partial charge in [-0.25, -0.2) is 9.67 Å². The number of aryl methyl sites for hydroxylation is 1. The first-order valence-electron chi connectivity index (χ1n) is 8.78. The van der Waals surface area contributed by atoms with Gasteiger partial charge in [0, 0.05) is 18.7 Å². The Morgan fingerprint density at radius 2 is 1.96 bits per heavy atom. The molecule has 0 fully saturated rings. The van der Waals surface area contributed by atoms with Crippen molar-refractivity contribution in [1.29, 1.82) is 0 Å². The number of rotatable bonds is 6. The lowest BCUT2D eigenvalue weighted by molar-refractivity contribution is -0.116. The van der Waals surface area contributed by atoms with Crippen LogP contribution < -0.4 is 10.9 Å². The van der Waals surface area contributed by atoms with Crippen LogP contribution in [0.2, 0.25) is 0 Å². The third-order valence-electron chi connectivity index (χ3n) is 4.28. The van der Waals surface area contributed by atoms with E-state index in [2.05, 4.69) is 25.8 Å². The van der Waals surface area contributed by atoms with E-state index < -0.39 is 0 Å². The van der Waals surface area contributed by atoms with Gasteiger partial charge in [0.05, 0.1) is 22.9 Å². The van der Waals surface area contributed by atoms with Gasteiger partial charge in [0.2, 0.25) is 5.91 Å². The fraction of sp³-hybridized carbons (Fsp3) is 0.158. The fourth-order valence-electron chi connectivity index (χ4n) is 2.90. The van der Waals surface area contributed by atoms with Gasteiger partial charge in [-0.1, -0.05) is 18.2 Å². The van der Waals surface area contributed by atoms with Crippen molar-refractivity contribution in [3.63, 3.8) is 0 Å². The number of anilines is 1. The number of tetrazole rings is 1. The normalized spacial score (nSPS) is 10.9. The van der Waals surface area contributed by atoms with Crippen LogP contribution >= 0.6 is 0 Å². The summed E-state index contributed by atoms with van der Waals surface area (Å²) in [6.45, 7) is 0.425. The molecule has 28 heavy (non-hydrogen) atoms. The minimum Gasteiger partial charge on any atom is -0.326 e. The molecular formula is C19H17N7O2. The van der Waals surface area contributed by atoms with Gasteiger partial charge in [-0.3, -0.25) is 14.2 Å². The Morgan fingerprint density at radius 1 is 1.07 bits per heavy atom. The third-order valence-corrected chi connectivity index (χ3v) is 4.28. The van der Waals surface area contributed by atoms with E-state index in [9.17, 15) is 9.59 Å². The van der Waals surface area contributed by atoms with Crippen LogP contribution in [0.3, 0.4) is 0 Å². The second-order valence-corrected chi connectivity index (χ2v) is 6.22. The summed E-state index contributed by atoms with van der Waals surface area (Å²) in [6, 6.07) is 14.4. The number of nitrogens with one attached hydrogen (secondary N) is 1. The zero-order valence-corrected chi connectivity index (χ0v) is 14.9. The summed E-state index contributed by atoms with van der Waals surface area (Å²) in [5.41, 5.74) is 1.98. The highest BCUT2D eigenvalue weighted by Gasteiger charge is 2.07. The minimum absolute atomic E-state index is 0.0971. The Kier molecular flexibility index (Phi) is 4.87. The number of aromatic nitrogens is 6. The molecular weight excluding hydrogens is 358 g/mol. The number of hydrogen-bond donors (Lipinski definition) is 1. The second kappa shape index (κ2) is 7.78. The molecule has 0 radical (unpaired) electrons. The van der Waals surface area contributed by atoms with E-state index >= 15 is 0 Å². The van der Waals surface area contributed by atoms with E-state index in [0.717, 1.165) is 5.69 Å². The van der Waals surface area contributed by atoms with Gasteiger partial charge in [-0.05, 0) is 47.2 Å². The lowest BCUT2D eigenvalue weighted by atomic mass is 10.2. The maximum Gasteiger partial charge on any atom is 0.261 e. The van der Waals surface area contributed by atoms with Crippen molar-refractivity contribution in [3.05, 3.63) is 71.5 Å². The molecule has 0 bridgehead atoms. The predicted octanol–water partition coefficient (Wildman–Crippen LogP) is 1.79. The standard InChI is InChI=1S/C19H17N7O2/c27-18(22-14-5-3-6-15(11-14)26-13-21-23-24-26)9-4-10-25-12-20-17-8-2-1-7-16(17)19(25)28/h1-3,5-8,11-13H,4,9-10H2,(H,22,27). The molecule has 9 heteroatoms. The van der Waals surface area contributed by atoms with E-state index in [4.69, 9.17) is 0 Å². The van der Waals surface area contributed by atoms with Crippen LogP contribution in [0, 0.1) is 0 Å². The Balaban J connectivity index is 1.36. The average Bonchev–Trinajstić information content (AvgIpc) is 3.25. The molecule has 0 saturated heterocycles. The molecule has 0 spiro atoms. The monoisotopic (exact) mass is 375 g/mol. The first kappa shape index (κ1) is 17.5. The summed E-state index contributed by atoms with van der Waals surface area (Å²) >= 11 is 0. The van der Waals surface area contributed by atoms with E-state index in [1.165, 1.54) is 21.9 Å². The number of carbonyl (C=O) groups is 1. The number of amides is 1. The maximum atomic E-state index is 12.4. The van der Waals surface area contributed by atoms with Gasteiger partial charge in [-0.15, -0.1) is 5.10 Å². The molecule has 0 saturated carbocycles. The SMILES string of the molecule is O=C(CCCn1cnc2ccccc2c1=O)Nc1cccc(-n2cnnn2)c1. The lowest BCUT2D eigenvalue weighted by Crippen LogP contribution is -2.21. The fourth-order valence-corrected chi connectivity index (χ4v) is 2.90. The Hall–Kier alpha value is -3.88. The third kappa shape index (κ3) is 3.78. The summed E-state index contributed by atoms with van der Waals surface area (Å²) in [5.74, 6) is -0.129. The first-order valence-corrected chi connectivity index (χ1v) is 8.78. The van der Waals surface area contributed by atoms with E-state index in [1.54, 1.807) is 24.3 Å². The number of carbonyl (C=O) groups excluding carboxylic acids is 1. The number of hydrogen-bond acceptors (Lipinski definition) is 6. The van der Waals surface area contributed by atoms with E-state index in [-0.39, 0.29) is 17.9 Å². The van der Waals surface area contributed by atoms with Crippen LogP contribution in [0.1, 0.15) is 12.8 Å². The van der Waals surface area contributed by atoms with Crippen molar-refractivity contribution < 1.29 is 4.79 Å². The topological polar surface area (TPSA) is 108 Å². The molecule has 2 aromatic carbocycles. The Labute approximate surface area is 159 Å². The highest BCUT2D eigenvalue weighted by Crippen LogP contribution is 2.14. The molecule has 0 aliphatic heterocycles. The summed E-state index contributed by atoms with van der Waals surface area (Å²) in [6.07, 6.45) is 3.82. The molecule has 140 valence electrons. The van der Waals surface area contributed by atoms with Crippen LogP contribution in [-0.2, 0) is 11.3 Å². The maximum absolute atomic E-state index is 12.4.